The number of rotatable bonds is 5. The van der Waals surface area contributed by atoms with Crippen LogP contribution in [0.3, 0.4) is 0 Å². The van der Waals surface area contributed by atoms with Gasteiger partial charge < -0.3 is 10.1 Å². The first-order valence-corrected chi connectivity index (χ1v) is 11.5. The highest BCUT2D eigenvalue weighted by Crippen LogP contribution is 2.28. The Bertz CT molecular complexity index is 1320. The summed E-state index contributed by atoms with van der Waals surface area (Å²) in [6.07, 6.45) is 3.55. The van der Waals surface area contributed by atoms with Crippen LogP contribution in [0.1, 0.15) is 23.2 Å². The fourth-order valence-corrected chi connectivity index (χ4v) is 4.50. The van der Waals surface area contributed by atoms with E-state index in [4.69, 9.17) is 4.74 Å². The lowest BCUT2D eigenvalue weighted by Gasteiger charge is -2.34. The van der Waals surface area contributed by atoms with Crippen molar-refractivity contribution in [2.75, 3.05) is 25.1 Å². The number of amides is 1. The van der Waals surface area contributed by atoms with Crippen molar-refractivity contribution in [3.8, 4) is 16.9 Å². The molecule has 6 heteroatoms. The third kappa shape index (κ3) is 4.37. The number of aromatic nitrogens is 1. The van der Waals surface area contributed by atoms with Crippen LogP contribution < -0.4 is 15.0 Å². The van der Waals surface area contributed by atoms with Crippen LogP contribution in [0.5, 0.6) is 5.75 Å². The van der Waals surface area contributed by atoms with Crippen LogP contribution in [0.15, 0.2) is 79.0 Å². The monoisotopic (exact) mass is 455 g/mol. The normalized spacial score (nSPS) is 15.8. The number of piperidine rings is 1. The van der Waals surface area contributed by atoms with Crippen molar-refractivity contribution in [2.24, 2.45) is 0 Å². The third-order valence-corrected chi connectivity index (χ3v) is 6.34. The Hall–Kier alpha value is -3.77. The molecular formula is C28H26FN3O2. The molecule has 5 rings (SSSR count). The van der Waals surface area contributed by atoms with Gasteiger partial charge in [-0.05, 0) is 66.2 Å². The van der Waals surface area contributed by atoms with Gasteiger partial charge >= 0.3 is 0 Å². The van der Waals surface area contributed by atoms with Crippen LogP contribution in [0.4, 0.5) is 10.2 Å². The first-order chi connectivity index (χ1) is 16.6. The molecule has 1 amide bonds. The van der Waals surface area contributed by atoms with Crippen molar-refractivity contribution in [3.63, 3.8) is 0 Å². The zero-order valence-electron chi connectivity index (χ0n) is 19.0. The van der Waals surface area contributed by atoms with Gasteiger partial charge in [0.2, 0.25) is 0 Å². The molecule has 0 radical (unpaired) electrons. The molecule has 1 aliphatic rings. The van der Waals surface area contributed by atoms with Crippen molar-refractivity contribution in [1.29, 1.82) is 0 Å². The van der Waals surface area contributed by atoms with Crippen molar-refractivity contribution in [1.82, 2.24) is 10.3 Å². The predicted octanol–water partition coefficient (Wildman–Crippen LogP) is 5.45. The van der Waals surface area contributed by atoms with Gasteiger partial charge in [-0.2, -0.15) is 0 Å². The summed E-state index contributed by atoms with van der Waals surface area (Å²) in [7, 11) is 1.60. The lowest BCUT2D eigenvalue weighted by Crippen LogP contribution is -2.49. The highest BCUT2D eigenvalue weighted by Gasteiger charge is 2.30. The van der Waals surface area contributed by atoms with Crippen molar-refractivity contribution >= 4 is 22.5 Å². The van der Waals surface area contributed by atoms with Gasteiger partial charge in [0.15, 0.2) is 0 Å². The van der Waals surface area contributed by atoms with E-state index in [2.05, 4.69) is 10.3 Å². The van der Waals surface area contributed by atoms with E-state index in [1.807, 2.05) is 54.6 Å². The van der Waals surface area contributed by atoms with Gasteiger partial charge in [-0.25, -0.2) is 9.37 Å². The Labute approximate surface area is 198 Å². The Morgan fingerprint density at radius 2 is 1.79 bits per heavy atom. The molecule has 1 fully saturated rings. The topological polar surface area (TPSA) is 54.5 Å². The molecule has 1 N–H and O–H groups in total. The summed E-state index contributed by atoms with van der Waals surface area (Å²) in [6, 6.07) is 21.9. The molecule has 1 aliphatic heterocycles. The van der Waals surface area contributed by atoms with Crippen LogP contribution in [0, 0.1) is 5.82 Å². The number of fused-ring (bicyclic) bond motifs is 1. The average molecular weight is 456 g/mol. The summed E-state index contributed by atoms with van der Waals surface area (Å²) in [6.45, 7) is 1.56. The molecule has 1 aromatic heterocycles. The number of nitrogens with zero attached hydrogens (tertiary/aromatic N) is 2. The van der Waals surface area contributed by atoms with Crippen molar-refractivity contribution < 1.29 is 13.9 Å². The molecule has 4 aromatic rings. The number of methoxy groups -OCH3 is 1. The average Bonchev–Trinajstić information content (AvgIpc) is 2.89. The zero-order chi connectivity index (χ0) is 23.5. The fourth-order valence-electron chi connectivity index (χ4n) is 4.50. The minimum Gasteiger partial charge on any atom is -0.497 e. The molecule has 0 bridgehead atoms. The van der Waals surface area contributed by atoms with Crippen LogP contribution in [-0.2, 0) is 0 Å². The number of carbonyl (C=O) groups is 1. The van der Waals surface area contributed by atoms with Gasteiger partial charge in [0, 0.05) is 18.1 Å². The lowest BCUT2D eigenvalue weighted by molar-refractivity contribution is 0.0967. The first-order valence-electron chi connectivity index (χ1n) is 11.5. The molecule has 2 heterocycles. The summed E-state index contributed by atoms with van der Waals surface area (Å²) >= 11 is 0. The standard InChI is InChI=1S/C28H26FN3O2/c1-34-24-11-8-19(9-12-24)21-10-13-25(26(29)15-21)28(33)32(23-7-4-14-30-18-23)27-16-20-5-2-3-6-22(20)17-31-27/h2-3,5-6,8-13,15-17,23,30H,4,7,14,18H2,1H3/t23-/m1/s1. The van der Waals surface area contributed by atoms with Gasteiger partial charge in [0.25, 0.3) is 5.91 Å². The largest absolute Gasteiger partial charge is 0.497 e. The van der Waals surface area contributed by atoms with E-state index < -0.39 is 5.82 Å². The Morgan fingerprint density at radius 3 is 2.50 bits per heavy atom. The fraction of sp³-hybridized carbons (Fsp3) is 0.214. The van der Waals surface area contributed by atoms with Crippen molar-refractivity contribution in [3.05, 3.63) is 90.4 Å². The molecule has 0 saturated carbocycles. The molecule has 172 valence electrons. The number of pyridine rings is 1. The number of anilines is 1. The number of benzene rings is 3. The molecule has 0 unspecified atom stereocenters. The second-order valence-corrected chi connectivity index (χ2v) is 8.49. The van der Waals surface area contributed by atoms with Crippen LogP contribution in [0.2, 0.25) is 0 Å². The maximum Gasteiger partial charge on any atom is 0.262 e. The predicted molar refractivity (Wildman–Crippen MR) is 133 cm³/mol. The summed E-state index contributed by atoms with van der Waals surface area (Å²) in [5.41, 5.74) is 1.59. The van der Waals surface area contributed by atoms with E-state index in [0.29, 0.717) is 17.9 Å². The minimum absolute atomic E-state index is 0.0396. The summed E-state index contributed by atoms with van der Waals surface area (Å²) in [5, 5.41) is 5.34. The molecule has 3 aromatic carbocycles. The van der Waals surface area contributed by atoms with E-state index in [1.54, 1.807) is 30.3 Å². The van der Waals surface area contributed by atoms with E-state index in [-0.39, 0.29) is 17.5 Å². The Kier molecular flexibility index (Phi) is 6.23. The second-order valence-electron chi connectivity index (χ2n) is 8.49. The molecule has 1 atom stereocenters. The summed E-state index contributed by atoms with van der Waals surface area (Å²) in [4.78, 5) is 20.0. The molecule has 5 nitrogen and oxygen atoms in total. The number of nitrogens with one attached hydrogen (secondary N) is 1. The van der Waals surface area contributed by atoms with Crippen LogP contribution >= 0.6 is 0 Å². The molecule has 34 heavy (non-hydrogen) atoms. The summed E-state index contributed by atoms with van der Waals surface area (Å²) < 4.78 is 20.5. The minimum atomic E-state index is -0.548. The van der Waals surface area contributed by atoms with Crippen LogP contribution in [-0.4, -0.2) is 37.1 Å². The first kappa shape index (κ1) is 22.0. The van der Waals surface area contributed by atoms with Gasteiger partial charge in [-0.1, -0.05) is 42.5 Å². The Morgan fingerprint density at radius 1 is 1.03 bits per heavy atom. The molecule has 1 saturated heterocycles. The molecular weight excluding hydrogens is 429 g/mol. The number of carbonyl (C=O) groups excluding carboxylic acids is 1. The third-order valence-electron chi connectivity index (χ3n) is 6.34. The van der Waals surface area contributed by atoms with E-state index in [1.165, 1.54) is 6.07 Å². The smallest absolute Gasteiger partial charge is 0.262 e. The maximum atomic E-state index is 15.3. The van der Waals surface area contributed by atoms with E-state index in [9.17, 15) is 4.79 Å². The van der Waals surface area contributed by atoms with Gasteiger partial charge in [-0.3, -0.25) is 9.69 Å². The van der Waals surface area contributed by atoms with Crippen LogP contribution in [0.25, 0.3) is 21.9 Å². The molecule has 0 aliphatic carbocycles. The number of halogens is 1. The quantitative estimate of drug-likeness (QED) is 0.435. The molecule has 0 spiro atoms. The van der Waals surface area contributed by atoms with Gasteiger partial charge in [-0.15, -0.1) is 0 Å². The lowest BCUT2D eigenvalue weighted by atomic mass is 10.0. The van der Waals surface area contributed by atoms with Gasteiger partial charge in [0.1, 0.15) is 17.4 Å². The van der Waals surface area contributed by atoms with E-state index in [0.717, 1.165) is 41.5 Å². The highest BCUT2D eigenvalue weighted by atomic mass is 19.1. The number of ether oxygens (including phenoxy) is 1. The highest BCUT2D eigenvalue weighted by molar-refractivity contribution is 6.07. The summed E-state index contributed by atoms with van der Waals surface area (Å²) in [5.74, 6) is 0.342. The Balaban J connectivity index is 1.51. The number of hydrogen-bond donors (Lipinski definition) is 1. The van der Waals surface area contributed by atoms with E-state index >= 15 is 4.39 Å². The van der Waals surface area contributed by atoms with Crippen molar-refractivity contribution in [2.45, 2.75) is 18.9 Å². The SMILES string of the molecule is COc1ccc(-c2ccc(C(=O)N(c3cc4ccccc4cn3)[C@@H]3CCCNC3)c(F)c2)cc1. The van der Waals surface area contributed by atoms with Gasteiger partial charge in [0.05, 0.1) is 18.7 Å². The second kappa shape index (κ2) is 9.61. The number of hydrogen-bond acceptors (Lipinski definition) is 4. The maximum absolute atomic E-state index is 15.3. The zero-order valence-corrected chi connectivity index (χ0v) is 19.0.